The van der Waals surface area contributed by atoms with E-state index in [4.69, 9.17) is 4.74 Å². The molecule has 1 aliphatic carbocycles. The van der Waals surface area contributed by atoms with Gasteiger partial charge in [-0.3, -0.25) is 0 Å². The Balaban J connectivity index is 1.23. The second-order valence-corrected chi connectivity index (χ2v) is 8.58. The van der Waals surface area contributed by atoms with Gasteiger partial charge in [0.2, 0.25) is 0 Å². The van der Waals surface area contributed by atoms with Crippen LogP contribution in [0.25, 0.3) is 11.0 Å². The number of carbonyl (C=O) groups excluding carboxylic acids is 1. The molecule has 3 unspecified atom stereocenters. The number of aromatic amines is 1. The third-order valence-electron chi connectivity index (χ3n) is 6.95. The minimum atomic E-state index is -0.199. The highest BCUT2D eigenvalue weighted by Gasteiger charge is 2.48. The molecule has 1 saturated heterocycles. The molecular formula is C23H27N5O2. The fraction of sp³-hybridized carbons (Fsp3) is 0.435. The number of likely N-dealkylation sites (tertiary alicyclic amines) is 1. The van der Waals surface area contributed by atoms with E-state index in [1.54, 1.807) is 6.33 Å². The molecule has 2 aromatic heterocycles. The maximum atomic E-state index is 12.6. The number of ether oxygens (including phenoxy) is 1. The Kier molecular flexibility index (Phi) is 4.81. The lowest BCUT2D eigenvalue weighted by Gasteiger charge is -2.31. The van der Waals surface area contributed by atoms with Crippen LogP contribution in [0.1, 0.15) is 18.9 Å². The summed E-state index contributed by atoms with van der Waals surface area (Å²) in [6, 6.07) is 12.3. The first-order valence-electron chi connectivity index (χ1n) is 10.6. The molecule has 0 bridgehead atoms. The topological polar surface area (TPSA) is 74.3 Å². The zero-order valence-electron chi connectivity index (χ0n) is 17.4. The molecule has 4 atom stereocenters. The number of H-pyrrole nitrogens is 1. The summed E-state index contributed by atoms with van der Waals surface area (Å²) >= 11 is 0. The minimum absolute atomic E-state index is 0.199. The van der Waals surface area contributed by atoms with E-state index in [9.17, 15) is 4.79 Å². The summed E-state index contributed by atoms with van der Waals surface area (Å²) in [5, 5.41) is 1.05. The van der Waals surface area contributed by atoms with Gasteiger partial charge < -0.3 is 19.5 Å². The highest BCUT2D eigenvalue weighted by atomic mass is 16.6. The summed E-state index contributed by atoms with van der Waals surface area (Å²) in [6.07, 6.45) is 4.38. The zero-order valence-corrected chi connectivity index (χ0v) is 17.4. The van der Waals surface area contributed by atoms with E-state index in [0.29, 0.717) is 30.4 Å². The molecule has 2 fully saturated rings. The smallest absolute Gasteiger partial charge is 0.410 e. The number of hydrogen-bond donors (Lipinski definition) is 1. The van der Waals surface area contributed by atoms with Crippen LogP contribution in [0.2, 0.25) is 0 Å². The Labute approximate surface area is 176 Å². The summed E-state index contributed by atoms with van der Waals surface area (Å²) in [4.78, 5) is 28.8. The summed E-state index contributed by atoms with van der Waals surface area (Å²) < 4.78 is 5.55. The van der Waals surface area contributed by atoms with E-state index in [0.717, 1.165) is 41.9 Å². The Morgan fingerprint density at radius 2 is 2.07 bits per heavy atom. The number of anilines is 1. The van der Waals surface area contributed by atoms with Crippen molar-refractivity contribution >= 4 is 22.9 Å². The fourth-order valence-corrected chi connectivity index (χ4v) is 5.32. The lowest BCUT2D eigenvalue weighted by Crippen LogP contribution is -2.38. The molecule has 3 heterocycles. The molecule has 30 heavy (non-hydrogen) atoms. The standard InChI is InChI=1S/C23H27N5O2/c1-15-19-12-28(23(29)30-13-16-6-4-3-5-7-16)11-17(19)10-20(15)27(2)22-18-8-9-24-21(18)25-14-26-22/h3-9,14-15,17,19-20H,10-13H2,1-2H3,(H,24,25,26)/t15-,17?,19?,20?/m1/s1. The van der Waals surface area contributed by atoms with Crippen LogP contribution in [-0.2, 0) is 11.3 Å². The number of rotatable bonds is 4. The summed E-state index contributed by atoms with van der Waals surface area (Å²) in [6.45, 7) is 4.18. The van der Waals surface area contributed by atoms with Crippen LogP contribution in [0, 0.1) is 17.8 Å². The molecular weight excluding hydrogens is 378 g/mol. The average Bonchev–Trinajstić information content (AvgIpc) is 3.48. The minimum Gasteiger partial charge on any atom is -0.445 e. The van der Waals surface area contributed by atoms with Crippen molar-refractivity contribution in [2.24, 2.45) is 17.8 Å². The van der Waals surface area contributed by atoms with Gasteiger partial charge in [-0.05, 0) is 35.8 Å². The molecule has 1 N–H and O–H groups in total. The van der Waals surface area contributed by atoms with Crippen LogP contribution in [0.4, 0.5) is 10.6 Å². The van der Waals surface area contributed by atoms with Crippen molar-refractivity contribution in [1.29, 1.82) is 0 Å². The molecule has 7 nitrogen and oxygen atoms in total. The van der Waals surface area contributed by atoms with Gasteiger partial charge in [0.1, 0.15) is 24.4 Å². The van der Waals surface area contributed by atoms with Gasteiger partial charge >= 0.3 is 6.09 Å². The highest BCUT2D eigenvalue weighted by molar-refractivity contribution is 5.87. The molecule has 2 aliphatic rings. The molecule has 7 heteroatoms. The van der Waals surface area contributed by atoms with Crippen LogP contribution >= 0.6 is 0 Å². The number of carbonyl (C=O) groups is 1. The third-order valence-corrected chi connectivity index (χ3v) is 6.95. The Morgan fingerprint density at radius 1 is 1.23 bits per heavy atom. The second kappa shape index (κ2) is 7.63. The second-order valence-electron chi connectivity index (χ2n) is 8.58. The van der Waals surface area contributed by atoms with Crippen molar-refractivity contribution in [2.45, 2.75) is 26.0 Å². The Hall–Kier alpha value is -3.09. The Bertz CT molecular complexity index is 1040. The van der Waals surface area contributed by atoms with Crippen LogP contribution in [-0.4, -0.2) is 52.1 Å². The van der Waals surface area contributed by atoms with Gasteiger partial charge in [-0.25, -0.2) is 14.8 Å². The molecule has 0 radical (unpaired) electrons. The lowest BCUT2D eigenvalue weighted by molar-refractivity contribution is 0.100. The molecule has 1 aliphatic heterocycles. The number of nitrogens with zero attached hydrogens (tertiary/aromatic N) is 4. The van der Waals surface area contributed by atoms with E-state index in [2.05, 4.69) is 33.8 Å². The van der Waals surface area contributed by atoms with Crippen LogP contribution < -0.4 is 4.90 Å². The SMILES string of the molecule is C[C@@H]1C2CN(C(=O)OCc3ccccc3)CC2CC1N(C)c1ncnc2[nH]ccc12. The van der Waals surface area contributed by atoms with Crippen molar-refractivity contribution in [3.63, 3.8) is 0 Å². The van der Waals surface area contributed by atoms with E-state index in [1.165, 1.54) is 0 Å². The summed E-state index contributed by atoms with van der Waals surface area (Å²) in [5.41, 5.74) is 1.88. The molecule has 5 rings (SSSR count). The maximum absolute atomic E-state index is 12.6. The van der Waals surface area contributed by atoms with E-state index in [-0.39, 0.29) is 6.09 Å². The first-order valence-corrected chi connectivity index (χ1v) is 10.6. The van der Waals surface area contributed by atoms with Gasteiger partial charge in [0.05, 0.1) is 5.39 Å². The number of aromatic nitrogens is 3. The van der Waals surface area contributed by atoms with Gasteiger partial charge in [-0.1, -0.05) is 37.3 Å². The predicted octanol–water partition coefficient (Wildman–Crippen LogP) is 3.69. The summed E-state index contributed by atoms with van der Waals surface area (Å²) in [5.74, 6) is 2.43. The molecule has 1 aromatic carbocycles. The van der Waals surface area contributed by atoms with Gasteiger partial charge in [0.25, 0.3) is 0 Å². The largest absolute Gasteiger partial charge is 0.445 e. The van der Waals surface area contributed by atoms with Gasteiger partial charge in [0.15, 0.2) is 0 Å². The fourth-order valence-electron chi connectivity index (χ4n) is 5.32. The molecule has 3 aromatic rings. The number of fused-ring (bicyclic) bond motifs is 2. The zero-order chi connectivity index (χ0) is 20.7. The first-order chi connectivity index (χ1) is 14.6. The molecule has 156 valence electrons. The van der Waals surface area contributed by atoms with Crippen LogP contribution in [0.5, 0.6) is 0 Å². The number of nitrogens with one attached hydrogen (secondary N) is 1. The van der Waals surface area contributed by atoms with Gasteiger partial charge in [0, 0.05) is 32.4 Å². The van der Waals surface area contributed by atoms with Crippen molar-refractivity contribution in [1.82, 2.24) is 19.9 Å². The van der Waals surface area contributed by atoms with Crippen LogP contribution in [0.3, 0.4) is 0 Å². The highest BCUT2D eigenvalue weighted by Crippen LogP contribution is 2.45. The number of benzene rings is 1. The molecule has 1 amide bonds. The normalized spacial score (nSPS) is 25.5. The number of hydrogen-bond acceptors (Lipinski definition) is 5. The predicted molar refractivity (Wildman–Crippen MR) is 115 cm³/mol. The van der Waals surface area contributed by atoms with Crippen LogP contribution in [0.15, 0.2) is 48.9 Å². The monoisotopic (exact) mass is 405 g/mol. The summed E-state index contributed by atoms with van der Waals surface area (Å²) in [7, 11) is 2.13. The van der Waals surface area contributed by atoms with Gasteiger partial charge in [-0.15, -0.1) is 0 Å². The van der Waals surface area contributed by atoms with Crippen molar-refractivity contribution < 1.29 is 9.53 Å². The molecule has 0 spiro atoms. The van der Waals surface area contributed by atoms with Gasteiger partial charge in [-0.2, -0.15) is 0 Å². The first kappa shape index (κ1) is 18.9. The van der Waals surface area contributed by atoms with Crippen molar-refractivity contribution in [3.8, 4) is 0 Å². The van der Waals surface area contributed by atoms with Crippen molar-refractivity contribution in [2.75, 3.05) is 25.0 Å². The van der Waals surface area contributed by atoms with E-state index >= 15 is 0 Å². The lowest BCUT2D eigenvalue weighted by atomic mass is 9.93. The third kappa shape index (κ3) is 3.28. The van der Waals surface area contributed by atoms with E-state index < -0.39 is 0 Å². The molecule has 1 saturated carbocycles. The van der Waals surface area contributed by atoms with Crippen molar-refractivity contribution in [3.05, 3.63) is 54.5 Å². The van der Waals surface area contributed by atoms with E-state index in [1.807, 2.05) is 47.5 Å². The quantitative estimate of drug-likeness (QED) is 0.717. The average molecular weight is 406 g/mol. The maximum Gasteiger partial charge on any atom is 0.410 e. The number of amides is 1. The Morgan fingerprint density at radius 3 is 2.87 bits per heavy atom.